The predicted octanol–water partition coefficient (Wildman–Crippen LogP) is 3.19. The SMILES string of the molecule is Nc1ccc(Cl)c(CSc2nnnn2-c2ccccc2)c1. The molecule has 3 aromatic rings. The maximum absolute atomic E-state index is 6.17. The van der Waals surface area contributed by atoms with Gasteiger partial charge in [0.25, 0.3) is 0 Å². The number of para-hydroxylation sites is 1. The zero-order valence-electron chi connectivity index (χ0n) is 11.0. The lowest BCUT2D eigenvalue weighted by molar-refractivity contribution is 0.756. The quantitative estimate of drug-likeness (QED) is 0.591. The second-order valence-corrected chi connectivity index (χ2v) is 5.70. The van der Waals surface area contributed by atoms with E-state index in [1.54, 1.807) is 16.8 Å². The summed E-state index contributed by atoms with van der Waals surface area (Å²) < 4.78 is 1.70. The minimum Gasteiger partial charge on any atom is -0.399 e. The topological polar surface area (TPSA) is 69.6 Å². The first kappa shape index (κ1) is 13.9. The van der Waals surface area contributed by atoms with Crippen molar-refractivity contribution in [2.75, 3.05) is 5.73 Å². The number of nitrogen functional groups attached to an aromatic ring is 1. The molecule has 0 saturated heterocycles. The largest absolute Gasteiger partial charge is 0.399 e. The molecule has 0 saturated carbocycles. The third kappa shape index (κ3) is 3.17. The average Bonchev–Trinajstić information content (AvgIpc) is 2.97. The minimum absolute atomic E-state index is 0.650. The highest BCUT2D eigenvalue weighted by Crippen LogP contribution is 2.27. The Bertz CT molecular complexity index is 744. The molecule has 3 rings (SSSR count). The van der Waals surface area contributed by atoms with Gasteiger partial charge in [-0.05, 0) is 46.3 Å². The summed E-state index contributed by atoms with van der Waals surface area (Å²) in [5, 5.41) is 13.2. The van der Waals surface area contributed by atoms with Gasteiger partial charge in [0.05, 0.1) is 5.69 Å². The fourth-order valence-corrected chi connectivity index (χ4v) is 2.99. The molecule has 5 nitrogen and oxygen atoms in total. The Kier molecular flexibility index (Phi) is 4.08. The van der Waals surface area contributed by atoms with Crippen LogP contribution < -0.4 is 5.73 Å². The number of anilines is 1. The summed E-state index contributed by atoms with van der Waals surface area (Å²) in [7, 11) is 0. The number of nitrogens with two attached hydrogens (primary N) is 1. The van der Waals surface area contributed by atoms with Gasteiger partial charge in [-0.2, -0.15) is 4.68 Å². The maximum Gasteiger partial charge on any atom is 0.214 e. The lowest BCUT2D eigenvalue weighted by atomic mass is 10.2. The van der Waals surface area contributed by atoms with E-state index >= 15 is 0 Å². The van der Waals surface area contributed by atoms with Crippen LogP contribution in [0.3, 0.4) is 0 Å². The molecule has 0 atom stereocenters. The van der Waals surface area contributed by atoms with Crippen LogP contribution in [-0.2, 0) is 5.75 Å². The van der Waals surface area contributed by atoms with Gasteiger partial charge in [-0.15, -0.1) is 5.10 Å². The Balaban J connectivity index is 1.81. The Morgan fingerprint density at radius 2 is 1.95 bits per heavy atom. The first-order valence-corrected chi connectivity index (χ1v) is 7.61. The molecule has 0 amide bonds. The molecule has 0 bridgehead atoms. The minimum atomic E-state index is 0.650. The van der Waals surface area contributed by atoms with Crippen molar-refractivity contribution in [2.45, 2.75) is 10.9 Å². The first-order valence-electron chi connectivity index (χ1n) is 6.24. The number of nitrogens with zero attached hydrogens (tertiary/aromatic N) is 4. The fourth-order valence-electron chi connectivity index (χ4n) is 1.85. The van der Waals surface area contributed by atoms with Crippen molar-refractivity contribution < 1.29 is 0 Å². The standard InChI is InChI=1S/C14H12ClN5S/c15-13-7-6-11(16)8-10(13)9-21-14-17-18-19-20(14)12-4-2-1-3-5-12/h1-8H,9,16H2. The number of hydrogen-bond acceptors (Lipinski definition) is 5. The van der Waals surface area contributed by atoms with Gasteiger partial charge in [0, 0.05) is 16.5 Å². The highest BCUT2D eigenvalue weighted by molar-refractivity contribution is 7.98. The number of hydrogen-bond donors (Lipinski definition) is 1. The fraction of sp³-hybridized carbons (Fsp3) is 0.0714. The van der Waals surface area contributed by atoms with Crippen molar-refractivity contribution in [1.82, 2.24) is 20.2 Å². The number of tetrazole rings is 1. The molecule has 1 aromatic heterocycles. The first-order chi connectivity index (χ1) is 10.2. The van der Waals surface area contributed by atoms with Gasteiger partial charge < -0.3 is 5.73 Å². The number of aromatic nitrogens is 4. The van der Waals surface area contributed by atoms with Crippen LogP contribution in [0.1, 0.15) is 5.56 Å². The lowest BCUT2D eigenvalue weighted by Gasteiger charge is -2.06. The molecule has 2 N–H and O–H groups in total. The molecular formula is C14H12ClN5S. The Morgan fingerprint density at radius 1 is 1.14 bits per heavy atom. The number of rotatable bonds is 4. The van der Waals surface area contributed by atoms with Crippen LogP contribution in [0.25, 0.3) is 5.69 Å². The molecule has 0 radical (unpaired) electrons. The van der Waals surface area contributed by atoms with E-state index in [4.69, 9.17) is 17.3 Å². The van der Waals surface area contributed by atoms with Crippen molar-refractivity contribution in [2.24, 2.45) is 0 Å². The number of halogens is 1. The van der Waals surface area contributed by atoms with Gasteiger partial charge in [0.1, 0.15) is 0 Å². The summed E-state index contributed by atoms with van der Waals surface area (Å²) in [4.78, 5) is 0. The predicted molar refractivity (Wildman–Crippen MR) is 84.6 cm³/mol. The molecule has 106 valence electrons. The van der Waals surface area contributed by atoms with Gasteiger partial charge in [-0.25, -0.2) is 0 Å². The van der Waals surface area contributed by atoms with Crippen LogP contribution >= 0.6 is 23.4 Å². The molecular weight excluding hydrogens is 306 g/mol. The Morgan fingerprint density at radius 3 is 2.76 bits per heavy atom. The van der Waals surface area contributed by atoms with Crippen molar-refractivity contribution >= 4 is 29.1 Å². The van der Waals surface area contributed by atoms with E-state index in [1.807, 2.05) is 36.4 Å². The molecule has 0 aliphatic heterocycles. The van der Waals surface area contributed by atoms with Crippen LogP contribution in [0, 0.1) is 0 Å². The van der Waals surface area contributed by atoms with E-state index in [-0.39, 0.29) is 0 Å². The zero-order chi connectivity index (χ0) is 14.7. The maximum atomic E-state index is 6.17. The Hall–Kier alpha value is -2.05. The second kappa shape index (κ2) is 6.15. The van der Waals surface area contributed by atoms with Gasteiger partial charge >= 0.3 is 0 Å². The average molecular weight is 318 g/mol. The normalized spacial score (nSPS) is 10.7. The number of benzene rings is 2. The van der Waals surface area contributed by atoms with E-state index in [1.165, 1.54) is 11.8 Å². The van der Waals surface area contributed by atoms with Crippen molar-refractivity contribution in [3.63, 3.8) is 0 Å². The highest BCUT2D eigenvalue weighted by Gasteiger charge is 2.10. The molecule has 0 aliphatic carbocycles. The Labute approximate surface area is 131 Å². The van der Waals surface area contributed by atoms with Gasteiger partial charge in [0.2, 0.25) is 5.16 Å². The van der Waals surface area contributed by atoms with Crippen LogP contribution in [0.4, 0.5) is 5.69 Å². The van der Waals surface area contributed by atoms with E-state index in [0.717, 1.165) is 11.3 Å². The van der Waals surface area contributed by atoms with Gasteiger partial charge in [-0.1, -0.05) is 41.6 Å². The van der Waals surface area contributed by atoms with Crippen molar-refractivity contribution in [3.05, 3.63) is 59.1 Å². The van der Waals surface area contributed by atoms with Crippen LogP contribution in [-0.4, -0.2) is 20.2 Å². The van der Waals surface area contributed by atoms with Crippen LogP contribution in [0.15, 0.2) is 53.7 Å². The molecule has 0 aliphatic rings. The number of thioether (sulfide) groups is 1. The molecule has 0 unspecified atom stereocenters. The molecule has 1 heterocycles. The smallest absolute Gasteiger partial charge is 0.214 e. The summed E-state index contributed by atoms with van der Waals surface area (Å²) >= 11 is 7.68. The zero-order valence-corrected chi connectivity index (χ0v) is 12.6. The van der Waals surface area contributed by atoms with Crippen LogP contribution in [0.5, 0.6) is 0 Å². The molecule has 0 spiro atoms. The second-order valence-electron chi connectivity index (χ2n) is 4.35. The van der Waals surface area contributed by atoms with E-state index < -0.39 is 0 Å². The summed E-state index contributed by atoms with van der Waals surface area (Å²) in [5.41, 5.74) is 8.36. The third-order valence-corrected chi connectivity index (χ3v) is 4.21. The molecule has 21 heavy (non-hydrogen) atoms. The summed E-state index contributed by atoms with van der Waals surface area (Å²) in [6, 6.07) is 15.2. The summed E-state index contributed by atoms with van der Waals surface area (Å²) in [6.07, 6.45) is 0. The van der Waals surface area contributed by atoms with E-state index in [0.29, 0.717) is 21.6 Å². The summed E-state index contributed by atoms with van der Waals surface area (Å²) in [5.74, 6) is 0.650. The molecule has 2 aromatic carbocycles. The van der Waals surface area contributed by atoms with E-state index in [2.05, 4.69) is 15.5 Å². The van der Waals surface area contributed by atoms with Crippen molar-refractivity contribution in [1.29, 1.82) is 0 Å². The molecule has 7 heteroatoms. The summed E-state index contributed by atoms with van der Waals surface area (Å²) in [6.45, 7) is 0. The van der Waals surface area contributed by atoms with Crippen molar-refractivity contribution in [3.8, 4) is 5.69 Å². The highest BCUT2D eigenvalue weighted by atomic mass is 35.5. The third-order valence-electron chi connectivity index (χ3n) is 2.87. The monoisotopic (exact) mass is 317 g/mol. The van der Waals surface area contributed by atoms with Gasteiger partial charge in [-0.3, -0.25) is 0 Å². The van der Waals surface area contributed by atoms with E-state index in [9.17, 15) is 0 Å². The van der Waals surface area contributed by atoms with Crippen LogP contribution in [0.2, 0.25) is 5.02 Å². The van der Waals surface area contributed by atoms with Gasteiger partial charge in [0.15, 0.2) is 0 Å². The lowest BCUT2D eigenvalue weighted by Crippen LogP contribution is -1.98. The molecule has 0 fully saturated rings.